The molecule has 1 atom stereocenters. The number of rotatable bonds is 9. The van der Waals surface area contributed by atoms with Crippen LogP contribution in [0.1, 0.15) is 78.5 Å². The van der Waals surface area contributed by atoms with Gasteiger partial charge in [-0.1, -0.05) is 81.3 Å². The number of aryl methyl sites for hydroxylation is 4. The summed E-state index contributed by atoms with van der Waals surface area (Å²) in [7, 11) is 2.99. The van der Waals surface area contributed by atoms with Crippen LogP contribution in [0.25, 0.3) is 0 Å². The van der Waals surface area contributed by atoms with Crippen molar-refractivity contribution >= 4 is 9.24 Å². The first-order chi connectivity index (χ1) is 15.3. The molecule has 0 saturated carbocycles. The largest absolute Gasteiger partial charge is 0.507 e. The van der Waals surface area contributed by atoms with E-state index in [0.717, 1.165) is 66.3 Å². The van der Waals surface area contributed by atoms with Gasteiger partial charge in [0.1, 0.15) is 11.5 Å². The van der Waals surface area contributed by atoms with Crippen molar-refractivity contribution in [2.45, 2.75) is 71.4 Å². The van der Waals surface area contributed by atoms with Crippen LogP contribution in [-0.2, 0) is 18.0 Å². The molecule has 2 nitrogen and oxygen atoms in total. The molecule has 0 radical (unpaired) electrons. The first-order valence-electron chi connectivity index (χ1n) is 11.8. The summed E-state index contributed by atoms with van der Waals surface area (Å²) in [6.45, 7) is 8.32. The van der Waals surface area contributed by atoms with Crippen LogP contribution in [-0.4, -0.2) is 10.2 Å². The van der Waals surface area contributed by atoms with Gasteiger partial charge in [0, 0.05) is 11.1 Å². The smallest absolute Gasteiger partial charge is 0.123 e. The third-order valence-corrected chi connectivity index (χ3v) is 7.39. The molecule has 3 heteroatoms. The van der Waals surface area contributed by atoms with Gasteiger partial charge in [-0.2, -0.15) is 0 Å². The fraction of sp³-hybridized carbons (Fsp3) is 0.379. The highest BCUT2D eigenvalue weighted by Gasteiger charge is 2.37. The Kier molecular flexibility index (Phi) is 8.01. The highest BCUT2D eigenvalue weighted by Crippen LogP contribution is 2.52. The molecule has 0 bridgehead atoms. The van der Waals surface area contributed by atoms with Crippen molar-refractivity contribution < 1.29 is 10.2 Å². The summed E-state index contributed by atoms with van der Waals surface area (Å²) in [5.74, 6) is 0.584. The van der Waals surface area contributed by atoms with Crippen LogP contribution in [0.5, 0.6) is 11.5 Å². The molecule has 1 unspecified atom stereocenters. The second kappa shape index (κ2) is 10.5. The summed E-state index contributed by atoms with van der Waals surface area (Å²) in [6, 6.07) is 18.6. The molecule has 0 aliphatic heterocycles. The average molecular weight is 449 g/mol. The Labute approximate surface area is 195 Å². The maximum absolute atomic E-state index is 11.3. The quantitative estimate of drug-likeness (QED) is 0.262. The summed E-state index contributed by atoms with van der Waals surface area (Å²) in [5.41, 5.74) is 6.85. The Balaban J connectivity index is 2.32. The maximum atomic E-state index is 11.3. The summed E-state index contributed by atoms with van der Waals surface area (Å²) in [6.07, 6.45) is 6.41. The summed E-state index contributed by atoms with van der Waals surface area (Å²) in [5, 5.41) is 21.8. The van der Waals surface area contributed by atoms with Crippen LogP contribution in [0.2, 0.25) is 0 Å². The van der Waals surface area contributed by atoms with E-state index in [4.69, 9.17) is 0 Å². The summed E-state index contributed by atoms with van der Waals surface area (Å²) < 4.78 is 0. The minimum atomic E-state index is -0.768. The fourth-order valence-corrected chi connectivity index (χ4v) is 5.15. The van der Waals surface area contributed by atoms with Crippen LogP contribution in [0, 0.1) is 13.8 Å². The third-order valence-electron chi connectivity index (χ3n) is 6.44. The molecule has 0 aliphatic carbocycles. The van der Waals surface area contributed by atoms with Gasteiger partial charge >= 0.3 is 0 Å². The van der Waals surface area contributed by atoms with E-state index in [1.54, 1.807) is 0 Å². The first kappa shape index (κ1) is 24.3. The van der Waals surface area contributed by atoms with Crippen LogP contribution in [0.3, 0.4) is 0 Å². The molecule has 0 fully saturated rings. The lowest BCUT2D eigenvalue weighted by Gasteiger charge is -2.34. The Bertz CT molecular complexity index is 993. The lowest BCUT2D eigenvalue weighted by atomic mass is 9.79. The summed E-state index contributed by atoms with van der Waals surface area (Å²) in [4.78, 5) is 0. The zero-order valence-electron chi connectivity index (χ0n) is 19.9. The molecule has 32 heavy (non-hydrogen) atoms. The number of phenolic OH excluding ortho intramolecular Hbond substituents is 2. The highest BCUT2D eigenvalue weighted by atomic mass is 31.0. The molecule has 3 aromatic rings. The Hall–Kier alpha value is -2.31. The maximum Gasteiger partial charge on any atom is 0.123 e. The van der Waals surface area contributed by atoms with Crippen molar-refractivity contribution in [3.8, 4) is 11.5 Å². The SMILES string of the molecule is CCCCc1cc(C)c(O)c(C(P)(c2ccccc2)c2cc(CCCC)cc(C)c2O)c1. The Morgan fingerprint density at radius 3 is 1.56 bits per heavy atom. The zero-order chi connectivity index (χ0) is 23.3. The second-order valence-corrected chi connectivity index (χ2v) is 9.86. The molecule has 0 amide bonds. The third kappa shape index (κ3) is 4.86. The molecule has 3 rings (SSSR count). The molecule has 0 spiro atoms. The van der Waals surface area contributed by atoms with E-state index in [1.807, 2.05) is 32.0 Å². The van der Waals surface area contributed by atoms with Gasteiger partial charge in [-0.3, -0.25) is 0 Å². The number of unbranched alkanes of at least 4 members (excludes halogenated alkanes) is 2. The topological polar surface area (TPSA) is 40.5 Å². The average Bonchev–Trinajstić information content (AvgIpc) is 2.80. The van der Waals surface area contributed by atoms with Crippen molar-refractivity contribution in [2.24, 2.45) is 0 Å². The fourth-order valence-electron chi connectivity index (χ4n) is 4.52. The van der Waals surface area contributed by atoms with E-state index in [-0.39, 0.29) is 0 Å². The Morgan fingerprint density at radius 2 is 1.16 bits per heavy atom. The minimum Gasteiger partial charge on any atom is -0.507 e. The lowest BCUT2D eigenvalue weighted by Crippen LogP contribution is -2.23. The predicted octanol–water partition coefficient (Wildman–Crippen LogP) is 7.57. The summed E-state index contributed by atoms with van der Waals surface area (Å²) >= 11 is 0. The molecule has 0 heterocycles. The van der Waals surface area contributed by atoms with Gasteiger partial charge in [0.15, 0.2) is 0 Å². The number of benzene rings is 3. The second-order valence-electron chi connectivity index (χ2n) is 9.00. The molecule has 0 aliphatic rings. The number of hydrogen-bond donors (Lipinski definition) is 2. The molecule has 0 saturated heterocycles. The van der Waals surface area contributed by atoms with Gasteiger partial charge in [-0.25, -0.2) is 0 Å². The molecule has 0 aromatic heterocycles. The molecule has 3 aromatic carbocycles. The van der Waals surface area contributed by atoms with Gasteiger partial charge in [0.25, 0.3) is 0 Å². The molecular formula is C29H37O2P. The van der Waals surface area contributed by atoms with Crippen molar-refractivity contribution in [1.29, 1.82) is 0 Å². The predicted molar refractivity (Wildman–Crippen MR) is 139 cm³/mol. The Morgan fingerprint density at radius 1 is 0.719 bits per heavy atom. The van der Waals surface area contributed by atoms with Gasteiger partial charge in [-0.05, 0) is 67.3 Å². The molecular weight excluding hydrogens is 411 g/mol. The van der Waals surface area contributed by atoms with E-state index in [2.05, 4.69) is 59.5 Å². The number of hydrogen-bond acceptors (Lipinski definition) is 2. The highest BCUT2D eigenvalue weighted by molar-refractivity contribution is 7.19. The zero-order valence-corrected chi connectivity index (χ0v) is 21.1. The van der Waals surface area contributed by atoms with Crippen LogP contribution in [0.4, 0.5) is 0 Å². The van der Waals surface area contributed by atoms with E-state index < -0.39 is 5.16 Å². The molecule has 2 N–H and O–H groups in total. The van der Waals surface area contributed by atoms with Crippen LogP contribution in [0.15, 0.2) is 54.6 Å². The van der Waals surface area contributed by atoms with Crippen LogP contribution < -0.4 is 0 Å². The van der Waals surface area contributed by atoms with E-state index in [1.165, 1.54) is 11.1 Å². The van der Waals surface area contributed by atoms with Gasteiger partial charge < -0.3 is 10.2 Å². The van der Waals surface area contributed by atoms with Crippen molar-refractivity contribution in [3.05, 3.63) is 93.5 Å². The minimum absolute atomic E-state index is 0.292. The number of phenols is 2. The monoisotopic (exact) mass is 448 g/mol. The standard InChI is InChI=1S/C29H37O2P/c1-5-7-12-22-16-20(3)27(30)25(18-22)29(32,24-14-10-9-11-15-24)26-19-23(13-8-6-2)17-21(4)28(26)31/h9-11,14-19,30-31H,5-8,12-13,32H2,1-4H3. The van der Waals surface area contributed by atoms with Crippen molar-refractivity contribution in [1.82, 2.24) is 0 Å². The van der Waals surface area contributed by atoms with Crippen molar-refractivity contribution in [2.75, 3.05) is 0 Å². The van der Waals surface area contributed by atoms with Gasteiger partial charge in [0.05, 0.1) is 5.16 Å². The van der Waals surface area contributed by atoms with E-state index >= 15 is 0 Å². The van der Waals surface area contributed by atoms with Crippen LogP contribution >= 0.6 is 9.24 Å². The molecule has 170 valence electrons. The van der Waals surface area contributed by atoms with Gasteiger partial charge in [-0.15, -0.1) is 9.24 Å². The number of aromatic hydroxyl groups is 2. The van der Waals surface area contributed by atoms with E-state index in [0.29, 0.717) is 11.5 Å². The normalized spacial score (nSPS) is 11.7. The van der Waals surface area contributed by atoms with Crippen molar-refractivity contribution in [3.63, 3.8) is 0 Å². The lowest BCUT2D eigenvalue weighted by molar-refractivity contribution is 0.450. The first-order valence-corrected chi connectivity index (χ1v) is 12.4. The van der Waals surface area contributed by atoms with E-state index in [9.17, 15) is 10.2 Å². The van der Waals surface area contributed by atoms with Gasteiger partial charge in [0.2, 0.25) is 0 Å².